The molecule has 154 valence electrons. The van der Waals surface area contributed by atoms with Gasteiger partial charge in [0.1, 0.15) is 18.4 Å². The van der Waals surface area contributed by atoms with Gasteiger partial charge in [-0.3, -0.25) is 4.79 Å². The topological polar surface area (TPSA) is 75.6 Å². The van der Waals surface area contributed by atoms with Crippen LogP contribution in [0.1, 0.15) is 16.7 Å². The van der Waals surface area contributed by atoms with E-state index in [0.717, 1.165) is 16.7 Å². The molecule has 0 aliphatic carbocycles. The van der Waals surface area contributed by atoms with Crippen molar-refractivity contribution in [2.75, 3.05) is 0 Å². The minimum absolute atomic E-state index is 0.0661. The predicted molar refractivity (Wildman–Crippen MR) is 116 cm³/mol. The van der Waals surface area contributed by atoms with Crippen LogP contribution in [0.15, 0.2) is 78.9 Å². The van der Waals surface area contributed by atoms with Crippen molar-refractivity contribution in [3.63, 3.8) is 0 Å². The molecular weight excluding hydrogens is 402 g/mol. The summed E-state index contributed by atoms with van der Waals surface area (Å²) in [6, 6.07) is 22.9. The van der Waals surface area contributed by atoms with Gasteiger partial charge in [0.25, 0.3) is 0 Å². The summed E-state index contributed by atoms with van der Waals surface area (Å²) in [5.41, 5.74) is 2.58. The van der Waals surface area contributed by atoms with Crippen molar-refractivity contribution < 1.29 is 19.4 Å². The van der Waals surface area contributed by atoms with Crippen LogP contribution in [-0.2, 0) is 29.0 Å². The SMILES string of the molecule is O=C(Cc1cccc(Cl)c1)N[C@H](Cc1ccc(OCc2ccccc2)cc1)C(=O)O. The molecule has 30 heavy (non-hydrogen) atoms. The number of hydrogen-bond donors (Lipinski definition) is 2. The fraction of sp³-hybridized carbons (Fsp3) is 0.167. The number of ether oxygens (including phenoxy) is 1. The van der Waals surface area contributed by atoms with Crippen LogP contribution in [0.2, 0.25) is 5.02 Å². The average molecular weight is 424 g/mol. The number of carbonyl (C=O) groups is 2. The maximum Gasteiger partial charge on any atom is 0.326 e. The van der Waals surface area contributed by atoms with Crippen molar-refractivity contribution in [2.24, 2.45) is 0 Å². The Bertz CT molecular complexity index is 990. The summed E-state index contributed by atoms with van der Waals surface area (Å²) >= 11 is 5.93. The Balaban J connectivity index is 1.55. The third kappa shape index (κ3) is 6.64. The molecule has 3 aromatic rings. The van der Waals surface area contributed by atoms with Crippen molar-refractivity contribution in [2.45, 2.75) is 25.5 Å². The monoisotopic (exact) mass is 423 g/mol. The van der Waals surface area contributed by atoms with Crippen LogP contribution < -0.4 is 10.1 Å². The van der Waals surface area contributed by atoms with Gasteiger partial charge in [-0.25, -0.2) is 4.79 Å². The van der Waals surface area contributed by atoms with Crippen molar-refractivity contribution in [3.8, 4) is 5.75 Å². The summed E-state index contributed by atoms with van der Waals surface area (Å²) in [6.45, 7) is 0.456. The summed E-state index contributed by atoms with van der Waals surface area (Å²) < 4.78 is 5.74. The highest BCUT2D eigenvalue weighted by atomic mass is 35.5. The molecule has 0 bridgehead atoms. The van der Waals surface area contributed by atoms with Crippen LogP contribution in [-0.4, -0.2) is 23.0 Å². The number of nitrogens with one attached hydrogen (secondary N) is 1. The van der Waals surface area contributed by atoms with Gasteiger partial charge in [0, 0.05) is 11.4 Å². The molecule has 5 nitrogen and oxygen atoms in total. The van der Waals surface area contributed by atoms with Gasteiger partial charge in [-0.2, -0.15) is 0 Å². The first kappa shape index (κ1) is 21.4. The number of rotatable bonds is 9. The quantitative estimate of drug-likeness (QED) is 0.538. The first-order valence-electron chi connectivity index (χ1n) is 9.52. The molecule has 1 atom stereocenters. The lowest BCUT2D eigenvalue weighted by Gasteiger charge is -2.15. The minimum Gasteiger partial charge on any atom is -0.489 e. The second kappa shape index (κ2) is 10.5. The fourth-order valence-electron chi connectivity index (χ4n) is 2.98. The third-order valence-electron chi connectivity index (χ3n) is 4.50. The summed E-state index contributed by atoms with van der Waals surface area (Å²) in [6.07, 6.45) is 0.242. The van der Waals surface area contributed by atoms with Gasteiger partial charge in [-0.1, -0.05) is 66.2 Å². The second-order valence-electron chi connectivity index (χ2n) is 6.89. The van der Waals surface area contributed by atoms with Crippen LogP contribution >= 0.6 is 11.6 Å². The molecule has 0 heterocycles. The molecule has 0 aliphatic rings. The third-order valence-corrected chi connectivity index (χ3v) is 4.73. The molecule has 0 fully saturated rings. The number of hydrogen-bond acceptors (Lipinski definition) is 3. The Morgan fingerprint density at radius 1 is 0.900 bits per heavy atom. The molecule has 0 unspecified atom stereocenters. The van der Waals surface area contributed by atoms with E-state index in [9.17, 15) is 14.7 Å². The van der Waals surface area contributed by atoms with Crippen LogP contribution in [0.25, 0.3) is 0 Å². The standard InChI is InChI=1S/C24H22ClNO4/c25-20-8-4-7-19(13-20)15-23(27)26-22(24(28)29)14-17-9-11-21(12-10-17)30-16-18-5-2-1-3-6-18/h1-13,22H,14-16H2,(H,26,27)(H,28,29)/t22-/m1/s1. The molecule has 0 spiro atoms. The van der Waals surface area contributed by atoms with E-state index in [-0.39, 0.29) is 18.7 Å². The van der Waals surface area contributed by atoms with Crippen LogP contribution in [0.3, 0.4) is 0 Å². The lowest BCUT2D eigenvalue weighted by Crippen LogP contribution is -2.43. The van der Waals surface area contributed by atoms with E-state index in [1.807, 2.05) is 30.3 Å². The van der Waals surface area contributed by atoms with Crippen molar-refractivity contribution in [3.05, 3.63) is 101 Å². The van der Waals surface area contributed by atoms with Crippen molar-refractivity contribution in [1.82, 2.24) is 5.32 Å². The molecule has 0 saturated carbocycles. The van der Waals surface area contributed by atoms with Gasteiger partial charge in [0.2, 0.25) is 5.91 Å². The van der Waals surface area contributed by atoms with Gasteiger partial charge in [0.05, 0.1) is 6.42 Å². The van der Waals surface area contributed by atoms with E-state index in [2.05, 4.69) is 5.32 Å². The summed E-state index contributed by atoms with van der Waals surface area (Å²) in [4.78, 5) is 23.9. The molecule has 0 aliphatic heterocycles. The van der Waals surface area contributed by atoms with Gasteiger partial charge >= 0.3 is 5.97 Å². The van der Waals surface area contributed by atoms with Crippen LogP contribution in [0.4, 0.5) is 0 Å². The Labute approximate surface area is 180 Å². The Morgan fingerprint density at radius 3 is 2.27 bits per heavy atom. The van der Waals surface area contributed by atoms with Gasteiger partial charge in [-0.15, -0.1) is 0 Å². The zero-order chi connectivity index (χ0) is 21.3. The van der Waals surface area contributed by atoms with E-state index in [4.69, 9.17) is 16.3 Å². The van der Waals surface area contributed by atoms with Gasteiger partial charge in [-0.05, 0) is 41.0 Å². The summed E-state index contributed by atoms with van der Waals surface area (Å²) in [5.74, 6) is -0.759. The van der Waals surface area contributed by atoms with Gasteiger partial charge < -0.3 is 15.2 Å². The van der Waals surface area contributed by atoms with Crippen molar-refractivity contribution in [1.29, 1.82) is 0 Å². The molecule has 0 radical (unpaired) electrons. The molecule has 0 aromatic heterocycles. The maximum atomic E-state index is 12.3. The first-order chi connectivity index (χ1) is 14.5. The van der Waals surface area contributed by atoms with Crippen LogP contribution in [0.5, 0.6) is 5.75 Å². The van der Waals surface area contributed by atoms with E-state index in [0.29, 0.717) is 17.4 Å². The van der Waals surface area contributed by atoms with E-state index in [1.54, 1.807) is 48.5 Å². The fourth-order valence-corrected chi connectivity index (χ4v) is 3.19. The van der Waals surface area contributed by atoms with E-state index >= 15 is 0 Å². The maximum absolute atomic E-state index is 12.3. The number of aliphatic carboxylic acids is 1. The minimum atomic E-state index is -1.08. The number of carboxylic acid groups (broad SMARTS) is 1. The number of carboxylic acids is 1. The Kier molecular flexibility index (Phi) is 7.46. The van der Waals surface area contributed by atoms with E-state index in [1.165, 1.54) is 0 Å². The highest BCUT2D eigenvalue weighted by Gasteiger charge is 2.20. The molecule has 1 amide bonds. The zero-order valence-electron chi connectivity index (χ0n) is 16.3. The number of benzene rings is 3. The molecule has 2 N–H and O–H groups in total. The molecule has 3 rings (SSSR count). The second-order valence-corrected chi connectivity index (χ2v) is 7.32. The molecule has 3 aromatic carbocycles. The molecule has 0 saturated heterocycles. The Morgan fingerprint density at radius 2 is 1.60 bits per heavy atom. The largest absolute Gasteiger partial charge is 0.489 e. The summed E-state index contributed by atoms with van der Waals surface area (Å²) in [5, 5.41) is 12.6. The summed E-state index contributed by atoms with van der Waals surface area (Å²) in [7, 11) is 0. The predicted octanol–water partition coefficient (Wildman–Crippen LogP) is 4.27. The smallest absolute Gasteiger partial charge is 0.326 e. The van der Waals surface area contributed by atoms with E-state index < -0.39 is 12.0 Å². The lowest BCUT2D eigenvalue weighted by molar-refractivity contribution is -0.141. The normalized spacial score (nSPS) is 11.5. The number of halogens is 1. The van der Waals surface area contributed by atoms with Crippen LogP contribution in [0, 0.1) is 0 Å². The molecular formula is C24H22ClNO4. The average Bonchev–Trinajstić information content (AvgIpc) is 2.73. The highest BCUT2D eigenvalue weighted by Crippen LogP contribution is 2.16. The Hall–Kier alpha value is -3.31. The van der Waals surface area contributed by atoms with Crippen molar-refractivity contribution >= 4 is 23.5 Å². The number of carbonyl (C=O) groups excluding carboxylic acids is 1. The first-order valence-corrected chi connectivity index (χ1v) is 9.89. The van der Waals surface area contributed by atoms with Gasteiger partial charge in [0.15, 0.2) is 0 Å². The molecule has 6 heteroatoms. The lowest BCUT2D eigenvalue weighted by atomic mass is 10.0. The highest BCUT2D eigenvalue weighted by molar-refractivity contribution is 6.30. The number of amides is 1. The zero-order valence-corrected chi connectivity index (χ0v) is 17.0.